The summed E-state index contributed by atoms with van der Waals surface area (Å²) in [5.41, 5.74) is 1.04. The fourth-order valence-corrected chi connectivity index (χ4v) is 2.99. The molecular weight excluding hydrogens is 268 g/mol. The van der Waals surface area contributed by atoms with Crippen LogP contribution in [0.3, 0.4) is 0 Å². The second-order valence-corrected chi connectivity index (χ2v) is 5.54. The first-order chi connectivity index (χ1) is 9.76. The van der Waals surface area contributed by atoms with Gasteiger partial charge in [0.1, 0.15) is 5.75 Å². The van der Waals surface area contributed by atoms with Gasteiger partial charge in [0.25, 0.3) is 0 Å². The fourth-order valence-electron chi connectivity index (χ4n) is 2.19. The first kappa shape index (κ1) is 12.9. The molecule has 3 aromatic rings. The molecule has 0 atom stereocenters. The van der Waals surface area contributed by atoms with E-state index in [4.69, 9.17) is 4.74 Å². The molecule has 0 N–H and O–H groups in total. The van der Waals surface area contributed by atoms with Gasteiger partial charge in [-0.3, -0.25) is 4.79 Å². The zero-order valence-electron chi connectivity index (χ0n) is 11.1. The van der Waals surface area contributed by atoms with Crippen molar-refractivity contribution < 1.29 is 9.53 Å². The number of benzene rings is 2. The molecule has 0 aliphatic carbocycles. The van der Waals surface area contributed by atoms with E-state index in [2.05, 4.69) is 24.3 Å². The Bertz CT molecular complexity index is 758. The van der Waals surface area contributed by atoms with Crippen molar-refractivity contribution in [3.63, 3.8) is 0 Å². The second-order valence-electron chi connectivity index (χ2n) is 4.63. The van der Waals surface area contributed by atoms with E-state index in [9.17, 15) is 4.79 Å². The Morgan fingerprint density at radius 3 is 2.65 bits per heavy atom. The zero-order valence-corrected chi connectivity index (χ0v) is 11.9. The number of thiophene rings is 1. The zero-order chi connectivity index (χ0) is 13.9. The molecule has 0 radical (unpaired) electrons. The number of ether oxygens (including phenoxy) is 1. The minimum Gasteiger partial charge on any atom is -0.496 e. The van der Waals surface area contributed by atoms with Crippen molar-refractivity contribution in [3.8, 4) is 5.75 Å². The Morgan fingerprint density at radius 2 is 1.90 bits per heavy atom. The van der Waals surface area contributed by atoms with Crippen LogP contribution in [0.25, 0.3) is 10.8 Å². The Kier molecular flexibility index (Phi) is 3.52. The van der Waals surface area contributed by atoms with Gasteiger partial charge in [-0.25, -0.2) is 0 Å². The highest BCUT2D eigenvalue weighted by Crippen LogP contribution is 2.23. The van der Waals surface area contributed by atoms with Crippen molar-refractivity contribution in [1.29, 1.82) is 0 Å². The van der Waals surface area contributed by atoms with E-state index in [0.29, 0.717) is 6.42 Å². The third-order valence-electron chi connectivity index (χ3n) is 3.26. The number of Topliss-reactive ketones (excluding diaryl/α,β-unsaturated/α-hetero) is 1. The standard InChI is InChI=1S/C17H14O2S/c1-19-15-10-17(20-11-15)16(18)9-12-6-7-13-4-2-3-5-14(13)8-12/h2-8,10-11H,9H2,1H3. The summed E-state index contributed by atoms with van der Waals surface area (Å²) in [5.74, 6) is 0.880. The first-order valence-electron chi connectivity index (χ1n) is 6.39. The quantitative estimate of drug-likeness (QED) is 0.666. The largest absolute Gasteiger partial charge is 0.496 e. The van der Waals surface area contributed by atoms with Crippen LogP contribution in [0.5, 0.6) is 5.75 Å². The van der Waals surface area contributed by atoms with Gasteiger partial charge < -0.3 is 4.74 Å². The van der Waals surface area contributed by atoms with Crippen molar-refractivity contribution in [2.45, 2.75) is 6.42 Å². The van der Waals surface area contributed by atoms with Gasteiger partial charge in [-0.1, -0.05) is 42.5 Å². The van der Waals surface area contributed by atoms with Crippen LogP contribution in [0.1, 0.15) is 15.2 Å². The van der Waals surface area contributed by atoms with Gasteiger partial charge in [0, 0.05) is 17.9 Å². The van der Waals surface area contributed by atoms with Gasteiger partial charge in [-0.15, -0.1) is 11.3 Å². The van der Waals surface area contributed by atoms with Gasteiger partial charge in [0.15, 0.2) is 5.78 Å². The van der Waals surface area contributed by atoms with Crippen molar-refractivity contribution >= 4 is 27.9 Å². The summed E-state index contributed by atoms with van der Waals surface area (Å²) >= 11 is 1.43. The van der Waals surface area contributed by atoms with Crippen molar-refractivity contribution in [1.82, 2.24) is 0 Å². The summed E-state index contributed by atoms with van der Waals surface area (Å²) in [6.45, 7) is 0. The van der Waals surface area contributed by atoms with Crippen LogP contribution >= 0.6 is 11.3 Å². The average molecular weight is 282 g/mol. The molecule has 0 saturated carbocycles. The van der Waals surface area contributed by atoms with E-state index in [1.165, 1.54) is 22.1 Å². The maximum absolute atomic E-state index is 12.2. The van der Waals surface area contributed by atoms with Crippen molar-refractivity contribution in [2.75, 3.05) is 7.11 Å². The maximum Gasteiger partial charge on any atom is 0.177 e. The monoisotopic (exact) mass is 282 g/mol. The normalized spacial score (nSPS) is 10.7. The lowest BCUT2D eigenvalue weighted by Gasteiger charge is -2.02. The molecule has 0 fully saturated rings. The summed E-state index contributed by atoms with van der Waals surface area (Å²) in [4.78, 5) is 13.0. The number of hydrogen-bond acceptors (Lipinski definition) is 3. The molecule has 0 aliphatic heterocycles. The number of fused-ring (bicyclic) bond motifs is 1. The van der Waals surface area contributed by atoms with Crippen LogP contribution in [0.4, 0.5) is 0 Å². The minimum absolute atomic E-state index is 0.133. The molecule has 3 rings (SSSR count). The van der Waals surface area contributed by atoms with Crippen LogP contribution in [0.2, 0.25) is 0 Å². The molecule has 0 amide bonds. The van der Waals surface area contributed by atoms with E-state index in [1.807, 2.05) is 23.6 Å². The van der Waals surface area contributed by atoms with E-state index in [0.717, 1.165) is 16.2 Å². The van der Waals surface area contributed by atoms with Gasteiger partial charge >= 0.3 is 0 Å². The molecule has 2 nitrogen and oxygen atoms in total. The van der Waals surface area contributed by atoms with Crippen LogP contribution in [-0.4, -0.2) is 12.9 Å². The van der Waals surface area contributed by atoms with Crippen molar-refractivity contribution in [3.05, 3.63) is 64.4 Å². The highest BCUT2D eigenvalue weighted by Gasteiger charge is 2.10. The Labute approximate surface area is 121 Å². The van der Waals surface area contributed by atoms with Crippen LogP contribution in [-0.2, 0) is 6.42 Å². The van der Waals surface area contributed by atoms with Crippen LogP contribution in [0, 0.1) is 0 Å². The highest BCUT2D eigenvalue weighted by atomic mass is 32.1. The van der Waals surface area contributed by atoms with Gasteiger partial charge in [0.05, 0.1) is 12.0 Å². The number of carbonyl (C=O) groups excluding carboxylic acids is 1. The highest BCUT2D eigenvalue weighted by molar-refractivity contribution is 7.12. The molecule has 100 valence electrons. The fraction of sp³-hybridized carbons (Fsp3) is 0.118. The topological polar surface area (TPSA) is 26.3 Å². The third kappa shape index (κ3) is 2.58. The van der Waals surface area contributed by atoms with Gasteiger partial charge in [0.2, 0.25) is 0 Å². The maximum atomic E-state index is 12.2. The number of rotatable bonds is 4. The molecule has 1 aromatic heterocycles. The second kappa shape index (κ2) is 5.47. The number of ketones is 1. The predicted molar refractivity (Wildman–Crippen MR) is 82.9 cm³/mol. The molecule has 0 spiro atoms. The Hall–Kier alpha value is -2.13. The molecular formula is C17H14O2S. The number of carbonyl (C=O) groups is 1. The molecule has 0 aliphatic rings. The minimum atomic E-state index is 0.133. The summed E-state index contributed by atoms with van der Waals surface area (Å²) < 4.78 is 5.11. The SMILES string of the molecule is COc1csc(C(=O)Cc2ccc3ccccc3c2)c1. The summed E-state index contributed by atoms with van der Waals surface area (Å²) in [7, 11) is 1.61. The molecule has 0 unspecified atom stereocenters. The van der Waals surface area contributed by atoms with E-state index in [-0.39, 0.29) is 5.78 Å². The van der Waals surface area contributed by atoms with E-state index < -0.39 is 0 Å². The Balaban J connectivity index is 1.83. The summed E-state index contributed by atoms with van der Waals surface area (Å²) in [6.07, 6.45) is 0.425. The van der Waals surface area contributed by atoms with Gasteiger partial charge in [-0.2, -0.15) is 0 Å². The summed E-state index contributed by atoms with van der Waals surface area (Å²) in [6, 6.07) is 16.1. The Morgan fingerprint density at radius 1 is 1.10 bits per heavy atom. The molecule has 1 heterocycles. The molecule has 2 aromatic carbocycles. The smallest absolute Gasteiger partial charge is 0.177 e. The van der Waals surface area contributed by atoms with Crippen LogP contribution in [0.15, 0.2) is 53.9 Å². The lowest BCUT2D eigenvalue weighted by atomic mass is 10.0. The molecule has 0 bridgehead atoms. The third-order valence-corrected chi connectivity index (χ3v) is 4.21. The van der Waals surface area contributed by atoms with Crippen LogP contribution < -0.4 is 4.74 Å². The molecule has 0 saturated heterocycles. The first-order valence-corrected chi connectivity index (χ1v) is 7.27. The number of hydrogen-bond donors (Lipinski definition) is 0. The van der Waals surface area contributed by atoms with E-state index >= 15 is 0 Å². The van der Waals surface area contributed by atoms with Gasteiger partial charge in [-0.05, 0) is 16.3 Å². The van der Waals surface area contributed by atoms with Crippen molar-refractivity contribution in [2.24, 2.45) is 0 Å². The predicted octanol–water partition coefficient (Wildman–Crippen LogP) is 4.34. The molecule has 20 heavy (non-hydrogen) atoms. The lowest BCUT2D eigenvalue weighted by Crippen LogP contribution is -2.01. The van der Waals surface area contributed by atoms with E-state index in [1.54, 1.807) is 13.2 Å². The molecule has 3 heteroatoms. The summed E-state index contributed by atoms with van der Waals surface area (Å²) in [5, 5.41) is 4.22. The lowest BCUT2D eigenvalue weighted by molar-refractivity contribution is 0.0996. The average Bonchev–Trinajstić information content (AvgIpc) is 2.96. The number of methoxy groups -OCH3 is 1.